The molecule has 114 valence electrons. The molecule has 2 rings (SSSR count). The minimum Gasteiger partial charge on any atom is -0.361 e. The number of amides is 2. The molecule has 1 aromatic heterocycles. The fourth-order valence-corrected chi connectivity index (χ4v) is 1.60. The molecule has 2 amide bonds. The molecule has 1 aromatic carbocycles. The average Bonchev–Trinajstić information content (AvgIpc) is 2.92. The molecule has 0 saturated heterocycles. The van der Waals surface area contributed by atoms with Crippen molar-refractivity contribution in [1.82, 2.24) is 21.3 Å². The van der Waals surface area contributed by atoms with Gasteiger partial charge in [-0.1, -0.05) is 5.16 Å². The summed E-state index contributed by atoms with van der Waals surface area (Å²) in [7, 11) is 0. The first kappa shape index (κ1) is 15.6. The van der Waals surface area contributed by atoms with Crippen molar-refractivity contribution in [1.29, 1.82) is 0 Å². The highest BCUT2D eigenvalue weighted by atomic mass is 32.1. The highest BCUT2D eigenvalue weighted by Gasteiger charge is 2.12. The lowest BCUT2D eigenvalue weighted by Crippen LogP contribution is -2.48. The number of thiocarbonyl (C=S) groups is 1. The lowest BCUT2D eigenvalue weighted by atomic mass is 10.2. The summed E-state index contributed by atoms with van der Waals surface area (Å²) in [5.74, 6) is -1.08. The van der Waals surface area contributed by atoms with E-state index in [9.17, 15) is 14.0 Å². The van der Waals surface area contributed by atoms with E-state index in [0.717, 1.165) is 12.1 Å². The van der Waals surface area contributed by atoms with Crippen LogP contribution in [0.5, 0.6) is 0 Å². The summed E-state index contributed by atoms with van der Waals surface area (Å²) in [5.41, 5.74) is 4.89. The van der Waals surface area contributed by atoms with E-state index in [4.69, 9.17) is 16.7 Å². The molecular formula is C13H11FN4O3S. The number of nitrogens with zero attached hydrogens (tertiary/aromatic N) is 1. The Morgan fingerprint density at radius 3 is 2.45 bits per heavy atom. The normalized spacial score (nSPS) is 9.91. The smallest absolute Gasteiger partial charge is 0.291 e. The van der Waals surface area contributed by atoms with Crippen LogP contribution >= 0.6 is 12.2 Å². The van der Waals surface area contributed by atoms with Crippen LogP contribution < -0.4 is 16.2 Å². The Bertz CT molecular complexity index is 714. The molecule has 0 spiro atoms. The van der Waals surface area contributed by atoms with Crippen molar-refractivity contribution < 1.29 is 18.5 Å². The number of hydrogen-bond donors (Lipinski definition) is 3. The number of carbonyl (C=O) groups is 2. The molecule has 0 unspecified atom stereocenters. The van der Waals surface area contributed by atoms with E-state index in [1.54, 1.807) is 6.92 Å². The maximum Gasteiger partial charge on any atom is 0.291 e. The summed E-state index contributed by atoms with van der Waals surface area (Å²) < 4.78 is 17.5. The van der Waals surface area contributed by atoms with Crippen LogP contribution in [0.4, 0.5) is 4.39 Å². The number of halogens is 1. The van der Waals surface area contributed by atoms with Crippen LogP contribution in [-0.4, -0.2) is 22.1 Å². The third-order valence-electron chi connectivity index (χ3n) is 2.48. The molecule has 0 aliphatic heterocycles. The van der Waals surface area contributed by atoms with Gasteiger partial charge in [-0.2, -0.15) is 0 Å². The summed E-state index contributed by atoms with van der Waals surface area (Å²) in [6.07, 6.45) is 0. The van der Waals surface area contributed by atoms with Crippen molar-refractivity contribution in [2.75, 3.05) is 0 Å². The van der Waals surface area contributed by atoms with Crippen LogP contribution in [0.25, 0.3) is 0 Å². The van der Waals surface area contributed by atoms with Crippen LogP contribution in [0, 0.1) is 12.7 Å². The Hall–Kier alpha value is -2.81. The fraction of sp³-hybridized carbons (Fsp3) is 0.0769. The number of nitrogens with one attached hydrogen (secondary N) is 3. The Morgan fingerprint density at radius 2 is 1.86 bits per heavy atom. The minimum absolute atomic E-state index is 0.0673. The monoisotopic (exact) mass is 322 g/mol. The summed E-state index contributed by atoms with van der Waals surface area (Å²) in [6, 6.07) is 6.37. The Kier molecular flexibility index (Phi) is 4.79. The van der Waals surface area contributed by atoms with E-state index >= 15 is 0 Å². The first-order chi connectivity index (χ1) is 10.5. The second kappa shape index (κ2) is 6.76. The molecule has 3 N–H and O–H groups in total. The Morgan fingerprint density at radius 1 is 1.18 bits per heavy atom. The average molecular weight is 322 g/mol. The maximum absolute atomic E-state index is 12.8. The molecule has 22 heavy (non-hydrogen) atoms. The number of hydrogen-bond acceptors (Lipinski definition) is 5. The van der Waals surface area contributed by atoms with Gasteiger partial charge in [-0.25, -0.2) is 4.39 Å². The van der Waals surface area contributed by atoms with Gasteiger partial charge >= 0.3 is 0 Å². The van der Waals surface area contributed by atoms with Gasteiger partial charge in [0.15, 0.2) is 10.8 Å². The van der Waals surface area contributed by atoms with Crippen molar-refractivity contribution in [3.63, 3.8) is 0 Å². The van der Waals surface area contributed by atoms with E-state index in [-0.39, 0.29) is 16.4 Å². The van der Waals surface area contributed by atoms with Crippen LogP contribution in [0.3, 0.4) is 0 Å². The summed E-state index contributed by atoms with van der Waals surface area (Å²) >= 11 is 4.85. The van der Waals surface area contributed by atoms with Gasteiger partial charge in [0.05, 0.1) is 0 Å². The quantitative estimate of drug-likeness (QED) is 0.565. The van der Waals surface area contributed by atoms with Gasteiger partial charge in [0.2, 0.25) is 0 Å². The van der Waals surface area contributed by atoms with Crippen molar-refractivity contribution in [2.45, 2.75) is 6.92 Å². The van der Waals surface area contributed by atoms with Crippen LogP contribution in [0.2, 0.25) is 0 Å². The van der Waals surface area contributed by atoms with Crippen molar-refractivity contribution in [3.05, 3.63) is 53.2 Å². The van der Waals surface area contributed by atoms with Crippen LogP contribution in [0.1, 0.15) is 26.6 Å². The molecule has 0 aliphatic rings. The van der Waals surface area contributed by atoms with Gasteiger partial charge in [-0.3, -0.25) is 25.8 Å². The second-order valence-corrected chi connectivity index (χ2v) is 4.60. The number of hydrazine groups is 1. The Balaban J connectivity index is 1.84. The molecule has 0 fully saturated rings. The fourth-order valence-electron chi connectivity index (χ4n) is 1.46. The molecular weight excluding hydrogens is 311 g/mol. The SMILES string of the molecule is Cc1cc(C(=O)NNC(=S)NC(=O)c2ccc(F)cc2)no1. The van der Waals surface area contributed by atoms with Crippen LogP contribution in [0.15, 0.2) is 34.9 Å². The predicted octanol–water partition coefficient (Wildman–Crippen LogP) is 1.07. The third kappa shape index (κ3) is 4.09. The standard InChI is InChI=1S/C13H11FN4O3S/c1-7-6-10(18-21-7)12(20)16-17-13(22)15-11(19)8-2-4-9(14)5-3-8/h2-6H,1H3,(H,16,20)(H2,15,17,19,22). The molecule has 0 radical (unpaired) electrons. The molecule has 0 aliphatic carbocycles. The number of carbonyl (C=O) groups excluding carboxylic acids is 2. The molecule has 0 saturated carbocycles. The number of aryl methyl sites for hydroxylation is 1. The molecule has 7 nitrogen and oxygen atoms in total. The van der Waals surface area contributed by atoms with E-state index in [1.165, 1.54) is 18.2 Å². The molecule has 0 bridgehead atoms. The largest absolute Gasteiger partial charge is 0.361 e. The lowest BCUT2D eigenvalue weighted by Gasteiger charge is -2.09. The summed E-state index contributed by atoms with van der Waals surface area (Å²) in [6.45, 7) is 1.64. The molecule has 1 heterocycles. The first-order valence-electron chi connectivity index (χ1n) is 6.06. The number of rotatable bonds is 2. The third-order valence-corrected chi connectivity index (χ3v) is 2.69. The minimum atomic E-state index is -0.574. The number of benzene rings is 1. The van der Waals surface area contributed by atoms with Crippen molar-refractivity contribution in [2.24, 2.45) is 0 Å². The zero-order valence-electron chi connectivity index (χ0n) is 11.3. The Labute approximate surface area is 129 Å². The summed E-state index contributed by atoms with van der Waals surface area (Å²) in [5, 5.41) is 5.72. The topological polar surface area (TPSA) is 96.3 Å². The zero-order valence-corrected chi connectivity index (χ0v) is 12.2. The zero-order chi connectivity index (χ0) is 16.1. The lowest BCUT2D eigenvalue weighted by molar-refractivity contribution is 0.0926. The second-order valence-electron chi connectivity index (χ2n) is 4.19. The van der Waals surface area contributed by atoms with E-state index in [0.29, 0.717) is 5.76 Å². The molecule has 0 atom stereocenters. The van der Waals surface area contributed by atoms with Gasteiger partial charge in [0.1, 0.15) is 11.6 Å². The van der Waals surface area contributed by atoms with E-state index in [2.05, 4.69) is 21.3 Å². The van der Waals surface area contributed by atoms with Gasteiger partial charge in [0, 0.05) is 11.6 Å². The van der Waals surface area contributed by atoms with Crippen molar-refractivity contribution in [3.8, 4) is 0 Å². The molecule has 2 aromatic rings. The van der Waals surface area contributed by atoms with E-state index < -0.39 is 17.6 Å². The van der Waals surface area contributed by atoms with Gasteiger partial charge in [-0.05, 0) is 43.4 Å². The molecule has 9 heteroatoms. The van der Waals surface area contributed by atoms with Gasteiger partial charge < -0.3 is 4.52 Å². The van der Waals surface area contributed by atoms with Crippen molar-refractivity contribution >= 4 is 29.1 Å². The number of aromatic nitrogens is 1. The van der Waals surface area contributed by atoms with Gasteiger partial charge in [-0.15, -0.1) is 0 Å². The van der Waals surface area contributed by atoms with Gasteiger partial charge in [0.25, 0.3) is 11.8 Å². The highest BCUT2D eigenvalue weighted by molar-refractivity contribution is 7.80. The van der Waals surface area contributed by atoms with E-state index in [1.807, 2.05) is 0 Å². The summed E-state index contributed by atoms with van der Waals surface area (Å²) in [4.78, 5) is 23.4. The van der Waals surface area contributed by atoms with Crippen LogP contribution in [-0.2, 0) is 0 Å². The first-order valence-corrected chi connectivity index (χ1v) is 6.47. The highest BCUT2D eigenvalue weighted by Crippen LogP contribution is 2.02. The predicted molar refractivity (Wildman–Crippen MR) is 78.3 cm³/mol. The maximum atomic E-state index is 12.8.